The molecule has 0 heterocycles. The molecule has 2 unspecified atom stereocenters. The first kappa shape index (κ1) is 19.7. The number of amides is 2. The van der Waals surface area contributed by atoms with E-state index in [1.54, 1.807) is 30.3 Å². The summed E-state index contributed by atoms with van der Waals surface area (Å²) in [6.45, 7) is 2.88. The molecule has 27 heavy (non-hydrogen) atoms. The van der Waals surface area contributed by atoms with Gasteiger partial charge in [0, 0.05) is 0 Å². The summed E-state index contributed by atoms with van der Waals surface area (Å²) in [5.41, 5.74) is 4.67. The topological polar surface area (TPSA) is 100 Å². The number of carbonyl (C=O) groups is 2. The molecular formula is C19H18FN3O4. The predicted octanol–water partition coefficient (Wildman–Crippen LogP) is 2.08. The highest BCUT2D eigenvalue weighted by Crippen LogP contribution is 2.18. The quantitative estimate of drug-likeness (QED) is 0.757. The number of rotatable bonds is 6. The van der Waals surface area contributed by atoms with Crippen LogP contribution >= 0.6 is 0 Å². The van der Waals surface area contributed by atoms with Crippen LogP contribution in [0.3, 0.4) is 0 Å². The van der Waals surface area contributed by atoms with E-state index in [-0.39, 0.29) is 17.1 Å². The van der Waals surface area contributed by atoms with Crippen molar-refractivity contribution in [2.24, 2.45) is 0 Å². The van der Waals surface area contributed by atoms with Crippen molar-refractivity contribution in [2.75, 3.05) is 0 Å². The summed E-state index contributed by atoms with van der Waals surface area (Å²) in [6, 6.07) is 14.1. The fourth-order valence-electron chi connectivity index (χ4n) is 2.02. The smallest absolute Gasteiger partial charge is 0.279 e. The minimum Gasteiger partial charge on any atom is -0.479 e. The molecule has 7 nitrogen and oxygen atoms in total. The van der Waals surface area contributed by atoms with Crippen molar-refractivity contribution in [3.63, 3.8) is 0 Å². The van der Waals surface area contributed by atoms with Gasteiger partial charge >= 0.3 is 0 Å². The second-order valence-corrected chi connectivity index (χ2v) is 5.54. The molecule has 2 amide bonds. The lowest BCUT2D eigenvalue weighted by molar-refractivity contribution is -0.135. The lowest BCUT2D eigenvalue weighted by atomic mass is 10.2. The average Bonchev–Trinajstić information content (AvgIpc) is 2.67. The number of ether oxygens (including phenoxy) is 2. The largest absolute Gasteiger partial charge is 0.479 e. The van der Waals surface area contributed by atoms with E-state index in [0.717, 1.165) is 0 Å². The van der Waals surface area contributed by atoms with Crippen LogP contribution in [-0.4, -0.2) is 24.0 Å². The Morgan fingerprint density at radius 3 is 1.96 bits per heavy atom. The lowest BCUT2D eigenvalue weighted by Gasteiger charge is -2.18. The minimum atomic E-state index is -1.04. The third-order valence-corrected chi connectivity index (χ3v) is 3.50. The Balaban J connectivity index is 1.86. The number of hydrogen-bond donors (Lipinski definition) is 2. The summed E-state index contributed by atoms with van der Waals surface area (Å²) in [6.07, 6.45) is -2.01. The molecule has 0 bridgehead atoms. The van der Waals surface area contributed by atoms with Crippen LogP contribution < -0.4 is 20.3 Å². The maximum Gasteiger partial charge on any atom is 0.279 e. The molecule has 2 atom stereocenters. The number of hydrogen-bond acceptors (Lipinski definition) is 5. The van der Waals surface area contributed by atoms with Gasteiger partial charge in [-0.15, -0.1) is 0 Å². The molecule has 0 spiro atoms. The van der Waals surface area contributed by atoms with Crippen LogP contribution in [0.1, 0.15) is 19.4 Å². The molecule has 8 heteroatoms. The van der Waals surface area contributed by atoms with Crippen LogP contribution in [0.5, 0.6) is 11.5 Å². The summed E-state index contributed by atoms with van der Waals surface area (Å²) in [5.74, 6) is -1.72. The monoisotopic (exact) mass is 371 g/mol. The van der Waals surface area contributed by atoms with Crippen molar-refractivity contribution in [3.05, 3.63) is 59.9 Å². The highest BCUT2D eigenvalue weighted by Gasteiger charge is 2.20. The maximum atomic E-state index is 13.5. The Morgan fingerprint density at radius 1 is 0.926 bits per heavy atom. The molecule has 140 valence electrons. The van der Waals surface area contributed by atoms with Gasteiger partial charge in [-0.05, 0) is 38.1 Å². The van der Waals surface area contributed by atoms with E-state index in [1.165, 1.54) is 32.0 Å². The molecule has 2 aromatic rings. The second-order valence-electron chi connectivity index (χ2n) is 5.54. The van der Waals surface area contributed by atoms with Gasteiger partial charge < -0.3 is 9.47 Å². The van der Waals surface area contributed by atoms with Crippen molar-refractivity contribution in [3.8, 4) is 17.6 Å². The number of nitrogens with one attached hydrogen (secondary N) is 2. The SMILES string of the molecule is CC(Oc1ccccc1F)C(=O)NNC(=O)C(C)Oc1ccccc1C#N. The number of benzene rings is 2. The van der Waals surface area contributed by atoms with Crippen molar-refractivity contribution in [2.45, 2.75) is 26.1 Å². The van der Waals surface area contributed by atoms with E-state index in [4.69, 9.17) is 14.7 Å². The fourth-order valence-corrected chi connectivity index (χ4v) is 2.02. The zero-order valence-corrected chi connectivity index (χ0v) is 14.7. The second kappa shape index (κ2) is 9.20. The van der Waals surface area contributed by atoms with E-state index >= 15 is 0 Å². The number of carbonyl (C=O) groups excluding carboxylic acids is 2. The average molecular weight is 371 g/mol. The van der Waals surface area contributed by atoms with Crippen LogP contribution in [0.4, 0.5) is 4.39 Å². The summed E-state index contributed by atoms with van der Waals surface area (Å²) >= 11 is 0. The van der Waals surface area contributed by atoms with Crippen LogP contribution in [0.15, 0.2) is 48.5 Å². The van der Waals surface area contributed by atoms with Gasteiger partial charge in [-0.3, -0.25) is 20.4 Å². The van der Waals surface area contributed by atoms with Crippen molar-refractivity contribution >= 4 is 11.8 Å². The number of halogens is 1. The molecular weight excluding hydrogens is 353 g/mol. The third kappa shape index (κ3) is 5.44. The summed E-state index contributed by atoms with van der Waals surface area (Å²) < 4.78 is 24.2. The van der Waals surface area contributed by atoms with E-state index in [1.807, 2.05) is 6.07 Å². The fraction of sp³-hybridized carbons (Fsp3) is 0.211. The van der Waals surface area contributed by atoms with Gasteiger partial charge in [-0.1, -0.05) is 24.3 Å². The Labute approximate surface area is 155 Å². The molecule has 0 aliphatic heterocycles. The van der Waals surface area contributed by atoms with Crippen molar-refractivity contribution in [1.82, 2.24) is 10.9 Å². The molecule has 0 aliphatic rings. The van der Waals surface area contributed by atoms with Gasteiger partial charge in [0.1, 0.15) is 11.8 Å². The summed E-state index contributed by atoms with van der Waals surface area (Å²) in [7, 11) is 0. The normalized spacial score (nSPS) is 12.2. The molecule has 2 rings (SSSR count). The lowest BCUT2D eigenvalue weighted by Crippen LogP contribution is -2.50. The molecule has 0 saturated heterocycles. The van der Waals surface area contributed by atoms with Crippen LogP contribution in [0, 0.1) is 17.1 Å². The van der Waals surface area contributed by atoms with E-state index < -0.39 is 29.8 Å². The van der Waals surface area contributed by atoms with E-state index in [2.05, 4.69) is 10.9 Å². The predicted molar refractivity (Wildman–Crippen MR) is 94.0 cm³/mol. The first-order chi connectivity index (χ1) is 12.9. The van der Waals surface area contributed by atoms with Gasteiger partial charge in [0.15, 0.2) is 23.8 Å². The highest BCUT2D eigenvalue weighted by atomic mass is 19.1. The van der Waals surface area contributed by atoms with Gasteiger partial charge in [-0.2, -0.15) is 5.26 Å². The molecule has 2 N–H and O–H groups in total. The molecule has 0 saturated carbocycles. The van der Waals surface area contributed by atoms with Gasteiger partial charge in [0.25, 0.3) is 11.8 Å². The molecule has 0 aliphatic carbocycles. The first-order valence-electron chi connectivity index (χ1n) is 8.09. The van der Waals surface area contributed by atoms with E-state index in [9.17, 15) is 14.0 Å². The zero-order valence-electron chi connectivity index (χ0n) is 14.7. The van der Waals surface area contributed by atoms with Gasteiger partial charge in [0.2, 0.25) is 0 Å². The molecule has 0 radical (unpaired) electrons. The maximum absolute atomic E-state index is 13.5. The van der Waals surface area contributed by atoms with Crippen LogP contribution in [0.25, 0.3) is 0 Å². The van der Waals surface area contributed by atoms with Gasteiger partial charge in [-0.25, -0.2) is 4.39 Å². The number of hydrazine groups is 1. The van der Waals surface area contributed by atoms with Crippen molar-refractivity contribution in [1.29, 1.82) is 5.26 Å². The highest BCUT2D eigenvalue weighted by molar-refractivity contribution is 5.86. The Hall–Kier alpha value is -3.60. The zero-order chi connectivity index (χ0) is 19.8. The molecule has 0 fully saturated rings. The number of nitrogens with zero attached hydrogens (tertiary/aromatic N) is 1. The number of nitriles is 1. The molecule has 2 aromatic carbocycles. The van der Waals surface area contributed by atoms with Gasteiger partial charge in [0.05, 0.1) is 5.56 Å². The summed E-state index contributed by atoms with van der Waals surface area (Å²) in [4.78, 5) is 24.0. The Morgan fingerprint density at radius 2 is 1.41 bits per heavy atom. The summed E-state index contributed by atoms with van der Waals surface area (Å²) in [5, 5.41) is 9.02. The van der Waals surface area contributed by atoms with E-state index in [0.29, 0.717) is 0 Å². The van der Waals surface area contributed by atoms with Crippen LogP contribution in [-0.2, 0) is 9.59 Å². The Bertz CT molecular complexity index is 866. The minimum absolute atomic E-state index is 0.0729. The third-order valence-electron chi connectivity index (χ3n) is 3.50. The molecule has 0 aromatic heterocycles. The van der Waals surface area contributed by atoms with Crippen molar-refractivity contribution < 1.29 is 23.5 Å². The van der Waals surface area contributed by atoms with Crippen LogP contribution in [0.2, 0.25) is 0 Å². The number of para-hydroxylation sites is 2. The first-order valence-corrected chi connectivity index (χ1v) is 8.09. The standard InChI is InChI=1S/C19H18FN3O4/c1-12(26-16-9-5-3-7-14(16)11-21)18(24)22-23-19(25)13(2)27-17-10-6-4-8-15(17)20/h3-10,12-13H,1-2H3,(H,22,24)(H,23,25). The Kier molecular flexibility index (Phi) is 6.72.